The van der Waals surface area contributed by atoms with Crippen molar-refractivity contribution >= 4 is 23.3 Å². The number of aromatic amines is 1. The van der Waals surface area contributed by atoms with Crippen molar-refractivity contribution in [2.24, 2.45) is 0 Å². The molecule has 1 N–H and O–H groups in total. The highest BCUT2D eigenvalue weighted by Crippen LogP contribution is 2.32. The van der Waals surface area contributed by atoms with Crippen LogP contribution in [0.2, 0.25) is 5.02 Å². The van der Waals surface area contributed by atoms with E-state index in [9.17, 15) is 18.0 Å². The summed E-state index contributed by atoms with van der Waals surface area (Å²) in [5.41, 5.74) is 0.991. The van der Waals surface area contributed by atoms with Crippen molar-refractivity contribution in [2.45, 2.75) is 25.9 Å². The Labute approximate surface area is 166 Å². The van der Waals surface area contributed by atoms with Gasteiger partial charge in [0.05, 0.1) is 18.7 Å². The molecular formula is C20H22ClF3N3O+. The number of anilines is 1. The largest absolute Gasteiger partial charge is 0.419 e. The molecule has 0 spiro atoms. The Bertz CT molecular complexity index is 845. The van der Waals surface area contributed by atoms with Crippen LogP contribution in [0.25, 0.3) is 0 Å². The minimum atomic E-state index is -4.45. The number of rotatable bonds is 3. The Hall–Kier alpha value is -2.28. The minimum Gasteiger partial charge on any atom is -0.331 e. The van der Waals surface area contributed by atoms with Gasteiger partial charge in [-0.05, 0) is 29.7 Å². The van der Waals surface area contributed by atoms with Crippen molar-refractivity contribution in [1.29, 1.82) is 0 Å². The van der Waals surface area contributed by atoms with Crippen LogP contribution in [-0.2, 0) is 6.18 Å². The van der Waals surface area contributed by atoms with E-state index in [4.69, 9.17) is 11.6 Å². The average Bonchev–Trinajstić information content (AvgIpc) is 2.67. The normalized spacial score (nSPS) is 15.2. The van der Waals surface area contributed by atoms with Crippen LogP contribution in [-0.4, -0.2) is 37.0 Å². The maximum Gasteiger partial charge on any atom is 0.419 e. The molecule has 150 valence electrons. The van der Waals surface area contributed by atoms with Gasteiger partial charge < -0.3 is 4.90 Å². The smallest absolute Gasteiger partial charge is 0.331 e. The third kappa shape index (κ3) is 4.41. The number of aromatic nitrogens is 1. The molecule has 1 saturated heterocycles. The molecule has 1 aromatic heterocycles. The van der Waals surface area contributed by atoms with Gasteiger partial charge in [0.15, 0.2) is 0 Å². The van der Waals surface area contributed by atoms with E-state index in [1.165, 1.54) is 5.56 Å². The number of pyridine rings is 1. The molecular weight excluding hydrogens is 391 g/mol. The number of nitrogens with one attached hydrogen (secondary N) is 1. The Balaban J connectivity index is 1.65. The standard InChI is InChI=1S/C20H21ClF3N3O/c1-13(2)14-3-5-15(6-4-14)19(28)27-9-7-26(8-10-27)18-17(21)11-16(12-25-18)20(22,23)24/h3-6,11-13H,7-10H2,1-2H3/p+1. The fourth-order valence-corrected chi connectivity index (χ4v) is 3.49. The highest BCUT2D eigenvalue weighted by molar-refractivity contribution is 6.32. The molecule has 0 bridgehead atoms. The first-order valence-electron chi connectivity index (χ1n) is 9.09. The highest BCUT2D eigenvalue weighted by Gasteiger charge is 2.34. The van der Waals surface area contributed by atoms with Crippen LogP contribution in [0.1, 0.15) is 41.3 Å². The number of carbonyl (C=O) groups excluding carboxylic acids is 1. The number of benzene rings is 1. The molecule has 0 saturated carbocycles. The minimum absolute atomic E-state index is 0.0128. The average molecular weight is 413 g/mol. The molecule has 8 heteroatoms. The summed E-state index contributed by atoms with van der Waals surface area (Å²) >= 11 is 6.05. The number of carbonyl (C=O) groups is 1. The molecule has 0 unspecified atom stereocenters. The summed E-state index contributed by atoms with van der Waals surface area (Å²) in [6, 6.07) is 8.52. The Morgan fingerprint density at radius 2 is 1.71 bits per heavy atom. The maximum atomic E-state index is 12.8. The molecule has 1 aromatic carbocycles. The lowest BCUT2D eigenvalue weighted by molar-refractivity contribution is -0.367. The van der Waals surface area contributed by atoms with E-state index in [-0.39, 0.29) is 10.9 Å². The Morgan fingerprint density at radius 1 is 1.11 bits per heavy atom. The lowest BCUT2D eigenvalue weighted by atomic mass is 10.0. The van der Waals surface area contributed by atoms with Gasteiger partial charge in [-0.1, -0.05) is 37.6 Å². The predicted molar refractivity (Wildman–Crippen MR) is 102 cm³/mol. The molecule has 1 amide bonds. The molecule has 2 heterocycles. The zero-order chi connectivity index (χ0) is 20.5. The summed E-state index contributed by atoms with van der Waals surface area (Å²) in [7, 11) is 0. The van der Waals surface area contributed by atoms with Gasteiger partial charge in [0.1, 0.15) is 24.3 Å². The van der Waals surface area contributed by atoms with Crippen molar-refractivity contribution in [2.75, 3.05) is 31.1 Å². The SMILES string of the molecule is CC(C)c1ccc(C(=O)N2CCN(c3[nH+]cc(C(F)(F)F)cc3Cl)CC2)cc1. The lowest BCUT2D eigenvalue weighted by Gasteiger charge is -2.31. The summed E-state index contributed by atoms with van der Waals surface area (Å²) in [6.45, 7) is 6.10. The topological polar surface area (TPSA) is 37.7 Å². The number of nitrogens with zero attached hydrogens (tertiary/aromatic N) is 2. The Kier molecular flexibility index (Phi) is 5.84. The van der Waals surface area contributed by atoms with Crippen LogP contribution in [0.3, 0.4) is 0 Å². The third-order valence-electron chi connectivity index (χ3n) is 4.91. The summed E-state index contributed by atoms with van der Waals surface area (Å²) in [5, 5.41) is 0.0128. The van der Waals surface area contributed by atoms with Crippen molar-refractivity contribution < 1.29 is 22.9 Å². The molecule has 1 aliphatic heterocycles. The maximum absolute atomic E-state index is 12.8. The molecule has 28 heavy (non-hydrogen) atoms. The van der Waals surface area contributed by atoms with E-state index >= 15 is 0 Å². The number of piperazine rings is 1. The number of alkyl halides is 3. The number of H-pyrrole nitrogens is 1. The van der Waals surface area contributed by atoms with Crippen LogP contribution >= 0.6 is 11.6 Å². The quantitative estimate of drug-likeness (QED) is 0.755. The molecule has 0 atom stereocenters. The van der Waals surface area contributed by atoms with E-state index in [0.29, 0.717) is 43.5 Å². The second kappa shape index (κ2) is 7.99. The fourth-order valence-electron chi connectivity index (χ4n) is 3.19. The van der Waals surface area contributed by atoms with Gasteiger partial charge in [-0.2, -0.15) is 13.2 Å². The first-order valence-corrected chi connectivity index (χ1v) is 9.47. The van der Waals surface area contributed by atoms with Crippen LogP contribution in [0.4, 0.5) is 19.0 Å². The summed E-state index contributed by atoms with van der Waals surface area (Å²) in [5.74, 6) is 0.790. The van der Waals surface area contributed by atoms with Crippen molar-refractivity contribution in [3.63, 3.8) is 0 Å². The number of halogens is 4. The van der Waals surface area contributed by atoms with Gasteiger partial charge in [-0.25, -0.2) is 4.98 Å². The lowest BCUT2D eigenvalue weighted by Crippen LogP contribution is -2.50. The van der Waals surface area contributed by atoms with Crippen molar-refractivity contribution in [3.05, 3.63) is 58.2 Å². The van der Waals surface area contributed by atoms with Gasteiger partial charge in [0.2, 0.25) is 0 Å². The van der Waals surface area contributed by atoms with E-state index in [1.807, 2.05) is 29.2 Å². The van der Waals surface area contributed by atoms with Crippen LogP contribution in [0.15, 0.2) is 36.5 Å². The monoisotopic (exact) mass is 412 g/mol. The second-order valence-corrected chi connectivity index (χ2v) is 7.55. The van der Waals surface area contributed by atoms with Gasteiger partial charge in [-0.3, -0.25) is 9.69 Å². The number of hydrogen-bond donors (Lipinski definition) is 0. The molecule has 2 aromatic rings. The zero-order valence-electron chi connectivity index (χ0n) is 15.7. The highest BCUT2D eigenvalue weighted by atomic mass is 35.5. The summed E-state index contributed by atoms with van der Waals surface area (Å²) < 4.78 is 38.3. The summed E-state index contributed by atoms with van der Waals surface area (Å²) in [6.07, 6.45) is -3.54. The van der Waals surface area contributed by atoms with Gasteiger partial charge >= 0.3 is 6.18 Å². The first-order chi connectivity index (χ1) is 13.2. The van der Waals surface area contributed by atoms with Crippen molar-refractivity contribution in [1.82, 2.24) is 4.90 Å². The van der Waals surface area contributed by atoms with Crippen LogP contribution in [0.5, 0.6) is 0 Å². The molecule has 0 aliphatic carbocycles. The molecule has 3 rings (SSSR count). The molecule has 4 nitrogen and oxygen atoms in total. The van der Waals surface area contributed by atoms with Gasteiger partial charge in [0, 0.05) is 5.56 Å². The Morgan fingerprint density at radius 3 is 2.21 bits per heavy atom. The zero-order valence-corrected chi connectivity index (χ0v) is 16.4. The number of hydrogen-bond acceptors (Lipinski definition) is 2. The van der Waals surface area contributed by atoms with E-state index in [0.717, 1.165) is 12.3 Å². The molecule has 1 fully saturated rings. The first kappa shape index (κ1) is 20.5. The van der Waals surface area contributed by atoms with E-state index in [2.05, 4.69) is 18.8 Å². The van der Waals surface area contributed by atoms with Crippen molar-refractivity contribution in [3.8, 4) is 0 Å². The second-order valence-electron chi connectivity index (χ2n) is 7.14. The predicted octanol–water partition coefficient (Wildman–Crippen LogP) is 4.26. The number of amides is 1. The van der Waals surface area contributed by atoms with Crippen LogP contribution in [0, 0.1) is 0 Å². The summed E-state index contributed by atoms with van der Waals surface area (Å²) in [4.78, 5) is 18.9. The molecule has 1 aliphatic rings. The van der Waals surface area contributed by atoms with E-state index < -0.39 is 11.7 Å². The van der Waals surface area contributed by atoms with Gasteiger partial charge in [-0.15, -0.1) is 0 Å². The van der Waals surface area contributed by atoms with Crippen LogP contribution < -0.4 is 9.88 Å². The van der Waals surface area contributed by atoms with E-state index in [1.54, 1.807) is 4.90 Å². The fraction of sp³-hybridized carbons (Fsp3) is 0.400. The molecule has 0 radical (unpaired) electrons. The van der Waals surface area contributed by atoms with Gasteiger partial charge in [0.25, 0.3) is 11.7 Å². The third-order valence-corrected chi connectivity index (χ3v) is 5.20.